The topological polar surface area (TPSA) is 107 Å². The average Bonchev–Trinajstić information content (AvgIpc) is 2.96. The van der Waals surface area contributed by atoms with Crippen molar-refractivity contribution < 1.29 is 14.1 Å². The minimum absolute atomic E-state index is 0.174. The number of rotatable bonds is 7. The van der Waals surface area contributed by atoms with Crippen molar-refractivity contribution in [3.05, 3.63) is 74.8 Å². The number of aromatic nitrogens is 1. The number of carbonyl (C=O) groups excluding carboxylic acids is 1. The Morgan fingerprint density at radius 1 is 1.26 bits per heavy atom. The fourth-order valence-corrected chi connectivity index (χ4v) is 2.99. The molecule has 0 aliphatic rings. The van der Waals surface area contributed by atoms with Crippen LogP contribution >= 0.6 is 0 Å². The number of carbonyl (C=O) groups is 1. The van der Waals surface area contributed by atoms with Crippen LogP contribution in [0.4, 0.5) is 5.69 Å². The minimum atomic E-state index is -0.729. The van der Waals surface area contributed by atoms with E-state index in [0.717, 1.165) is 23.0 Å². The number of nitro groups is 1. The molecule has 1 heterocycles. The molecule has 0 aliphatic carbocycles. The molecule has 27 heavy (non-hydrogen) atoms. The molecule has 1 unspecified atom stereocenters. The molecule has 140 valence electrons. The van der Waals surface area contributed by atoms with Gasteiger partial charge in [0, 0.05) is 12.1 Å². The van der Waals surface area contributed by atoms with E-state index in [9.17, 15) is 19.7 Å². The number of nitrogens with zero attached hydrogens (tertiary/aromatic N) is 2. The zero-order chi connectivity index (χ0) is 19.4. The summed E-state index contributed by atoms with van der Waals surface area (Å²) in [5.41, 5.74) is 1.22. The van der Waals surface area contributed by atoms with Gasteiger partial charge in [0.1, 0.15) is 6.54 Å². The summed E-state index contributed by atoms with van der Waals surface area (Å²) >= 11 is 0. The lowest BCUT2D eigenvalue weighted by Crippen LogP contribution is -2.33. The molecule has 0 bridgehead atoms. The monoisotopic (exact) mass is 369 g/mol. The number of hydrogen-bond acceptors (Lipinski definition) is 5. The lowest BCUT2D eigenvalue weighted by Gasteiger charge is -2.18. The van der Waals surface area contributed by atoms with E-state index in [1.807, 2.05) is 37.3 Å². The van der Waals surface area contributed by atoms with Crippen LogP contribution in [-0.2, 0) is 11.3 Å². The summed E-state index contributed by atoms with van der Waals surface area (Å²) in [6.45, 7) is 1.75. The van der Waals surface area contributed by atoms with Gasteiger partial charge in [-0.15, -0.1) is 0 Å². The van der Waals surface area contributed by atoms with Gasteiger partial charge in [0.15, 0.2) is 5.58 Å². The maximum absolute atomic E-state index is 12.5. The van der Waals surface area contributed by atoms with Gasteiger partial charge >= 0.3 is 5.76 Å². The molecule has 0 radical (unpaired) electrons. The van der Waals surface area contributed by atoms with Gasteiger partial charge in [-0.3, -0.25) is 19.5 Å². The quantitative estimate of drug-likeness (QED) is 0.508. The van der Waals surface area contributed by atoms with Crippen molar-refractivity contribution in [2.45, 2.75) is 32.4 Å². The van der Waals surface area contributed by atoms with E-state index in [1.165, 1.54) is 18.2 Å². The smallest absolute Gasteiger partial charge is 0.408 e. The van der Waals surface area contributed by atoms with Crippen LogP contribution in [-0.4, -0.2) is 15.4 Å². The van der Waals surface area contributed by atoms with E-state index < -0.39 is 10.7 Å². The van der Waals surface area contributed by atoms with Crippen LogP contribution < -0.4 is 11.1 Å². The third kappa shape index (κ3) is 4.05. The fraction of sp³-hybridized carbons (Fsp3) is 0.263. The number of benzene rings is 2. The molecule has 0 saturated carbocycles. The van der Waals surface area contributed by atoms with Gasteiger partial charge in [0.05, 0.1) is 16.5 Å². The Morgan fingerprint density at radius 3 is 2.67 bits per heavy atom. The van der Waals surface area contributed by atoms with Crippen molar-refractivity contribution in [3.8, 4) is 0 Å². The first-order valence-electron chi connectivity index (χ1n) is 8.61. The molecule has 1 N–H and O–H groups in total. The Balaban J connectivity index is 1.84. The molecule has 2 aromatic carbocycles. The average molecular weight is 369 g/mol. The van der Waals surface area contributed by atoms with Crippen molar-refractivity contribution in [2.24, 2.45) is 0 Å². The number of nitro benzene ring substituents is 1. The molecular weight excluding hydrogens is 350 g/mol. The maximum atomic E-state index is 12.5. The zero-order valence-corrected chi connectivity index (χ0v) is 14.8. The summed E-state index contributed by atoms with van der Waals surface area (Å²) < 4.78 is 6.18. The SMILES string of the molecule is CCCC(NC(=O)Cn1c(=O)oc2ccc([N+](=O)[O-])cc21)c1ccccc1. The van der Waals surface area contributed by atoms with Crippen LogP contribution in [0, 0.1) is 10.1 Å². The van der Waals surface area contributed by atoms with Gasteiger partial charge in [0.25, 0.3) is 5.69 Å². The second-order valence-corrected chi connectivity index (χ2v) is 6.18. The van der Waals surface area contributed by atoms with Crippen molar-refractivity contribution in [1.82, 2.24) is 9.88 Å². The molecule has 1 amide bonds. The van der Waals surface area contributed by atoms with Gasteiger partial charge in [-0.05, 0) is 18.1 Å². The highest BCUT2D eigenvalue weighted by Crippen LogP contribution is 2.21. The zero-order valence-electron chi connectivity index (χ0n) is 14.8. The second kappa shape index (κ2) is 7.86. The minimum Gasteiger partial charge on any atom is -0.408 e. The predicted molar refractivity (Wildman–Crippen MR) is 99.4 cm³/mol. The summed E-state index contributed by atoms with van der Waals surface area (Å²) in [5.74, 6) is -1.10. The van der Waals surface area contributed by atoms with Gasteiger partial charge in [-0.25, -0.2) is 4.79 Å². The number of amides is 1. The third-order valence-electron chi connectivity index (χ3n) is 4.28. The Morgan fingerprint density at radius 2 is 2.00 bits per heavy atom. The first-order valence-corrected chi connectivity index (χ1v) is 8.61. The number of fused-ring (bicyclic) bond motifs is 1. The van der Waals surface area contributed by atoms with Crippen molar-refractivity contribution in [3.63, 3.8) is 0 Å². The highest BCUT2D eigenvalue weighted by molar-refractivity contribution is 5.81. The Kier molecular flexibility index (Phi) is 5.35. The molecule has 8 heteroatoms. The molecule has 8 nitrogen and oxygen atoms in total. The lowest BCUT2D eigenvalue weighted by atomic mass is 10.0. The fourth-order valence-electron chi connectivity index (χ4n) is 2.99. The molecule has 3 aromatic rings. The van der Waals surface area contributed by atoms with Crippen molar-refractivity contribution in [2.75, 3.05) is 0 Å². The van der Waals surface area contributed by atoms with Crippen molar-refractivity contribution in [1.29, 1.82) is 0 Å². The van der Waals surface area contributed by atoms with Gasteiger partial charge in [-0.2, -0.15) is 0 Å². The molecular formula is C19H19N3O5. The first-order chi connectivity index (χ1) is 13.0. The molecule has 1 atom stereocenters. The molecule has 0 spiro atoms. The number of nitrogens with one attached hydrogen (secondary N) is 1. The third-order valence-corrected chi connectivity index (χ3v) is 4.28. The Labute approximate surface area is 154 Å². The van der Waals surface area contributed by atoms with Gasteiger partial charge < -0.3 is 9.73 Å². The number of oxazole rings is 1. The van der Waals surface area contributed by atoms with E-state index in [-0.39, 0.29) is 35.3 Å². The molecule has 3 rings (SSSR count). The van der Waals surface area contributed by atoms with Crippen LogP contribution in [0.1, 0.15) is 31.4 Å². The lowest BCUT2D eigenvalue weighted by molar-refractivity contribution is -0.384. The van der Waals surface area contributed by atoms with Gasteiger partial charge in [-0.1, -0.05) is 43.7 Å². The van der Waals surface area contributed by atoms with Crippen LogP contribution in [0.25, 0.3) is 11.1 Å². The second-order valence-electron chi connectivity index (χ2n) is 6.18. The van der Waals surface area contributed by atoms with E-state index in [2.05, 4.69) is 5.32 Å². The summed E-state index contributed by atoms with van der Waals surface area (Å²) in [7, 11) is 0. The summed E-state index contributed by atoms with van der Waals surface area (Å²) in [6, 6.07) is 13.2. The molecule has 0 saturated heterocycles. The van der Waals surface area contributed by atoms with Gasteiger partial charge in [0.2, 0.25) is 5.91 Å². The largest absolute Gasteiger partial charge is 0.420 e. The number of non-ortho nitro benzene ring substituents is 1. The van der Waals surface area contributed by atoms with E-state index in [4.69, 9.17) is 4.42 Å². The standard InChI is InChI=1S/C19H19N3O5/c1-2-6-15(13-7-4-3-5-8-13)20-18(23)12-21-16-11-14(22(25)26)9-10-17(16)27-19(21)24/h3-5,7-11,15H,2,6,12H2,1H3,(H,20,23). The molecule has 0 fully saturated rings. The van der Waals surface area contributed by atoms with Crippen molar-refractivity contribution >= 4 is 22.7 Å². The molecule has 0 aliphatic heterocycles. The van der Waals surface area contributed by atoms with E-state index in [1.54, 1.807) is 0 Å². The predicted octanol–water partition coefficient (Wildman–Crippen LogP) is 3.16. The normalized spacial score (nSPS) is 12.0. The summed E-state index contributed by atoms with van der Waals surface area (Å²) in [4.78, 5) is 35.0. The summed E-state index contributed by atoms with van der Waals surface area (Å²) in [6.07, 6.45) is 1.63. The van der Waals surface area contributed by atoms with Crippen LogP contribution in [0.2, 0.25) is 0 Å². The Bertz CT molecular complexity index is 1020. The van der Waals surface area contributed by atoms with E-state index >= 15 is 0 Å². The molecule has 1 aromatic heterocycles. The van der Waals surface area contributed by atoms with Crippen LogP contribution in [0.3, 0.4) is 0 Å². The first kappa shape index (κ1) is 18.4. The summed E-state index contributed by atoms with van der Waals surface area (Å²) in [5, 5.41) is 13.9. The number of hydrogen-bond donors (Lipinski definition) is 1. The highest BCUT2D eigenvalue weighted by atomic mass is 16.6. The van der Waals surface area contributed by atoms with E-state index in [0.29, 0.717) is 0 Å². The van der Waals surface area contributed by atoms with Crippen LogP contribution in [0.15, 0.2) is 57.7 Å². The Hall–Kier alpha value is -3.42. The highest BCUT2D eigenvalue weighted by Gasteiger charge is 2.18. The maximum Gasteiger partial charge on any atom is 0.420 e. The van der Waals surface area contributed by atoms with Crippen LogP contribution in [0.5, 0.6) is 0 Å².